The molecule has 0 unspecified atom stereocenters. The van der Waals surface area contributed by atoms with Crippen LogP contribution in [0, 0.1) is 0 Å². The molecule has 0 spiro atoms. The van der Waals surface area contributed by atoms with Crippen molar-refractivity contribution in [3.8, 4) is 89.9 Å². The van der Waals surface area contributed by atoms with Gasteiger partial charge in [0.05, 0.1) is 11.2 Å². The lowest BCUT2D eigenvalue weighted by atomic mass is 9.94. The number of rotatable bonds is 8. The largest absolute Gasteiger partial charge is 0.248 e. The summed E-state index contributed by atoms with van der Waals surface area (Å²) in [5, 5.41) is 3.59. The lowest BCUT2D eigenvalue weighted by Gasteiger charge is -2.13. The van der Waals surface area contributed by atoms with Crippen LogP contribution in [0.1, 0.15) is 0 Å². The molecule has 0 saturated heterocycles. The number of hydrogen-bond donors (Lipinski definition) is 0. The van der Waals surface area contributed by atoms with Crippen molar-refractivity contribution in [1.82, 2.24) is 19.9 Å². The van der Waals surface area contributed by atoms with E-state index in [-0.39, 0.29) is 0 Å². The van der Waals surface area contributed by atoms with Gasteiger partial charge in [0.25, 0.3) is 0 Å². The van der Waals surface area contributed by atoms with Crippen molar-refractivity contribution in [1.29, 1.82) is 0 Å². The van der Waals surface area contributed by atoms with E-state index in [0.29, 0.717) is 17.5 Å². The molecule has 4 nitrogen and oxygen atoms in total. The van der Waals surface area contributed by atoms with Crippen molar-refractivity contribution >= 4 is 21.7 Å². The van der Waals surface area contributed by atoms with Gasteiger partial charge in [-0.3, -0.25) is 0 Å². The minimum Gasteiger partial charge on any atom is -0.248 e. The minimum absolute atomic E-state index is 0.617. The molecule has 0 aliphatic heterocycles. The molecule has 11 rings (SSSR count). The van der Waals surface area contributed by atoms with Crippen LogP contribution in [0.15, 0.2) is 231 Å². The van der Waals surface area contributed by atoms with Crippen molar-refractivity contribution in [2.24, 2.45) is 0 Å². The van der Waals surface area contributed by atoms with Gasteiger partial charge in [0, 0.05) is 27.6 Å². The average Bonchev–Trinajstić information content (AvgIpc) is 3.37. The molecule has 2 aromatic heterocycles. The maximum Gasteiger partial charge on any atom is 0.164 e. The standard InChI is InChI=1S/C58H38N4/c1-4-14-39(15-5-1)47-21-12-23-49(36-47)57-60-56(61-58(62-57)50-24-13-22-48(37-50)40-16-6-2-7-17-40)46-32-28-42(29-33-46)41-26-30-45(31-27-41)54-38-52(43-18-8-3-9-19-43)55-51-25-11-10-20-44(51)34-35-53(55)59-54/h1-38H. The quantitative estimate of drug-likeness (QED) is 0.144. The maximum absolute atomic E-state index is 5.21. The molecule has 62 heavy (non-hydrogen) atoms. The summed E-state index contributed by atoms with van der Waals surface area (Å²) in [6.45, 7) is 0. The van der Waals surface area contributed by atoms with Crippen LogP contribution >= 0.6 is 0 Å². The molecule has 0 aliphatic rings. The molecular formula is C58H38N4. The van der Waals surface area contributed by atoms with Crippen LogP contribution in [0.4, 0.5) is 0 Å². The molecule has 0 bridgehead atoms. The van der Waals surface area contributed by atoms with Crippen molar-refractivity contribution in [2.45, 2.75) is 0 Å². The fourth-order valence-electron chi connectivity index (χ4n) is 8.35. The Kier molecular flexibility index (Phi) is 9.49. The maximum atomic E-state index is 5.21. The zero-order chi connectivity index (χ0) is 41.2. The van der Waals surface area contributed by atoms with Gasteiger partial charge in [0.1, 0.15) is 0 Å². The minimum atomic E-state index is 0.617. The molecule has 290 valence electrons. The lowest BCUT2D eigenvalue weighted by molar-refractivity contribution is 1.07. The van der Waals surface area contributed by atoms with Gasteiger partial charge in [-0.05, 0) is 79.5 Å². The molecular weight excluding hydrogens is 753 g/mol. The number of hydrogen-bond acceptors (Lipinski definition) is 4. The Bertz CT molecular complexity index is 3260. The summed E-state index contributed by atoms with van der Waals surface area (Å²) in [5.74, 6) is 1.86. The second kappa shape index (κ2) is 16.0. The molecule has 2 heterocycles. The molecule has 0 atom stereocenters. The Morgan fingerprint density at radius 3 is 1.23 bits per heavy atom. The van der Waals surface area contributed by atoms with Gasteiger partial charge >= 0.3 is 0 Å². The Morgan fingerprint density at radius 1 is 0.242 bits per heavy atom. The molecule has 0 N–H and O–H groups in total. The molecule has 0 amide bonds. The molecule has 0 radical (unpaired) electrons. The first-order valence-corrected chi connectivity index (χ1v) is 20.9. The Labute approximate surface area is 360 Å². The molecule has 4 heteroatoms. The highest BCUT2D eigenvalue weighted by Gasteiger charge is 2.16. The van der Waals surface area contributed by atoms with E-state index in [2.05, 4.69) is 218 Å². The highest BCUT2D eigenvalue weighted by atomic mass is 15.0. The van der Waals surface area contributed by atoms with Crippen LogP contribution in [0.2, 0.25) is 0 Å². The molecule has 9 aromatic carbocycles. The Balaban J connectivity index is 0.945. The number of pyridine rings is 1. The van der Waals surface area contributed by atoms with Crippen LogP contribution in [-0.4, -0.2) is 19.9 Å². The van der Waals surface area contributed by atoms with E-state index in [0.717, 1.165) is 66.8 Å². The second-order valence-electron chi connectivity index (χ2n) is 15.5. The summed E-state index contributed by atoms with van der Waals surface area (Å²) in [4.78, 5) is 20.5. The molecule has 11 aromatic rings. The van der Waals surface area contributed by atoms with E-state index >= 15 is 0 Å². The number of nitrogens with zero attached hydrogens (tertiary/aromatic N) is 4. The van der Waals surface area contributed by atoms with Crippen LogP contribution in [-0.2, 0) is 0 Å². The first kappa shape index (κ1) is 36.7. The molecule has 0 aliphatic carbocycles. The smallest absolute Gasteiger partial charge is 0.164 e. The first-order chi connectivity index (χ1) is 30.7. The third-order valence-corrected chi connectivity index (χ3v) is 11.5. The lowest BCUT2D eigenvalue weighted by Crippen LogP contribution is -2.00. The van der Waals surface area contributed by atoms with E-state index < -0.39 is 0 Å². The summed E-state index contributed by atoms with van der Waals surface area (Å²) >= 11 is 0. The predicted octanol–water partition coefficient (Wildman–Crippen LogP) is 14.9. The highest BCUT2D eigenvalue weighted by molar-refractivity contribution is 6.13. The van der Waals surface area contributed by atoms with Crippen molar-refractivity contribution in [3.63, 3.8) is 0 Å². The van der Waals surface area contributed by atoms with Gasteiger partial charge in [0.15, 0.2) is 17.5 Å². The van der Waals surface area contributed by atoms with E-state index in [4.69, 9.17) is 19.9 Å². The van der Waals surface area contributed by atoms with Gasteiger partial charge in [0.2, 0.25) is 0 Å². The van der Waals surface area contributed by atoms with Crippen LogP contribution in [0.5, 0.6) is 0 Å². The third-order valence-electron chi connectivity index (χ3n) is 11.5. The van der Waals surface area contributed by atoms with Gasteiger partial charge < -0.3 is 0 Å². The third kappa shape index (κ3) is 7.20. The normalized spacial score (nSPS) is 11.2. The van der Waals surface area contributed by atoms with E-state index in [1.807, 2.05) is 12.1 Å². The fourth-order valence-corrected chi connectivity index (χ4v) is 8.35. The number of fused-ring (bicyclic) bond motifs is 3. The Morgan fingerprint density at radius 2 is 0.661 bits per heavy atom. The van der Waals surface area contributed by atoms with Crippen molar-refractivity contribution in [2.75, 3.05) is 0 Å². The zero-order valence-corrected chi connectivity index (χ0v) is 33.7. The topological polar surface area (TPSA) is 51.6 Å². The average molecular weight is 791 g/mol. The zero-order valence-electron chi connectivity index (χ0n) is 33.7. The van der Waals surface area contributed by atoms with Crippen LogP contribution in [0.25, 0.3) is 112 Å². The highest BCUT2D eigenvalue weighted by Crippen LogP contribution is 2.37. The fraction of sp³-hybridized carbons (Fsp3) is 0. The molecule has 0 fully saturated rings. The monoisotopic (exact) mass is 790 g/mol. The molecule has 0 saturated carbocycles. The number of benzene rings is 9. The first-order valence-electron chi connectivity index (χ1n) is 20.9. The van der Waals surface area contributed by atoms with Crippen LogP contribution in [0.3, 0.4) is 0 Å². The van der Waals surface area contributed by atoms with Crippen molar-refractivity contribution in [3.05, 3.63) is 231 Å². The SMILES string of the molecule is c1ccc(-c2cccc(-c3nc(-c4ccc(-c5ccc(-c6cc(-c7ccccc7)c7c(ccc8ccccc87)n6)cc5)cc4)nc(-c4cccc(-c5ccccc5)c4)n3)c2)cc1. The number of aromatic nitrogens is 4. The van der Waals surface area contributed by atoms with Crippen molar-refractivity contribution < 1.29 is 0 Å². The summed E-state index contributed by atoms with van der Waals surface area (Å²) < 4.78 is 0. The van der Waals surface area contributed by atoms with E-state index in [9.17, 15) is 0 Å². The summed E-state index contributed by atoms with van der Waals surface area (Å²) in [5.41, 5.74) is 14.8. The summed E-state index contributed by atoms with van der Waals surface area (Å²) in [6.07, 6.45) is 0. The second-order valence-corrected chi connectivity index (χ2v) is 15.5. The predicted molar refractivity (Wildman–Crippen MR) is 256 cm³/mol. The van der Waals surface area contributed by atoms with E-state index in [1.54, 1.807) is 0 Å². The van der Waals surface area contributed by atoms with Gasteiger partial charge in [-0.1, -0.05) is 206 Å². The summed E-state index contributed by atoms with van der Waals surface area (Å²) in [6, 6.07) is 80.6. The van der Waals surface area contributed by atoms with Gasteiger partial charge in [-0.2, -0.15) is 0 Å². The Hall–Kier alpha value is -8.34. The van der Waals surface area contributed by atoms with Gasteiger partial charge in [-0.15, -0.1) is 0 Å². The van der Waals surface area contributed by atoms with Gasteiger partial charge in [-0.25, -0.2) is 19.9 Å². The summed E-state index contributed by atoms with van der Waals surface area (Å²) in [7, 11) is 0. The van der Waals surface area contributed by atoms with Crippen LogP contribution < -0.4 is 0 Å². The van der Waals surface area contributed by atoms with E-state index in [1.165, 1.54) is 27.3 Å².